The van der Waals surface area contributed by atoms with Crippen LogP contribution in [0, 0.1) is 13.8 Å². The number of aromatic nitrogens is 2. The highest BCUT2D eigenvalue weighted by Crippen LogP contribution is 2.28. The van der Waals surface area contributed by atoms with Crippen molar-refractivity contribution in [2.75, 3.05) is 7.11 Å². The van der Waals surface area contributed by atoms with Gasteiger partial charge >= 0.3 is 0 Å². The molecule has 0 saturated carbocycles. The molecule has 0 aliphatic heterocycles. The van der Waals surface area contributed by atoms with E-state index < -0.39 is 0 Å². The van der Waals surface area contributed by atoms with Crippen molar-refractivity contribution < 1.29 is 9.53 Å². The molecule has 1 aromatic carbocycles. The fraction of sp³-hybridized carbons (Fsp3) is 0.261. The number of ether oxygens (including phenoxy) is 1. The molecule has 5 heteroatoms. The fourth-order valence-electron chi connectivity index (χ4n) is 3.11. The Morgan fingerprint density at radius 2 is 1.79 bits per heavy atom. The zero-order chi connectivity index (χ0) is 20.1. The second-order valence-electron chi connectivity index (χ2n) is 6.93. The number of carbonyl (C=O) groups excluding carboxylic acids is 1. The van der Waals surface area contributed by atoms with Crippen LogP contribution >= 0.6 is 0 Å². The lowest BCUT2D eigenvalue weighted by atomic mass is 10.1. The molecule has 2 aromatic heterocycles. The van der Waals surface area contributed by atoms with E-state index in [0.717, 1.165) is 28.3 Å². The highest BCUT2D eigenvalue weighted by Gasteiger charge is 2.14. The van der Waals surface area contributed by atoms with Gasteiger partial charge < -0.3 is 10.1 Å². The number of pyridine rings is 2. The first-order valence-electron chi connectivity index (χ1n) is 9.31. The summed E-state index contributed by atoms with van der Waals surface area (Å²) in [5.41, 5.74) is 5.01. The quantitative estimate of drug-likeness (QED) is 0.704. The first-order valence-corrected chi connectivity index (χ1v) is 9.31. The molecule has 0 radical (unpaired) electrons. The van der Waals surface area contributed by atoms with E-state index >= 15 is 0 Å². The highest BCUT2D eigenvalue weighted by atomic mass is 16.5. The van der Waals surface area contributed by atoms with Gasteiger partial charge in [0.05, 0.1) is 7.11 Å². The molecule has 0 saturated heterocycles. The SMILES string of the molecule is COc1ccc(C)nc1-c1cccc(C(=O)N[C@H](C)Cc2cccc(C)n2)c1. The number of nitrogens with one attached hydrogen (secondary N) is 1. The van der Waals surface area contributed by atoms with Gasteiger partial charge in [0, 0.05) is 40.7 Å². The normalized spacial score (nSPS) is 11.7. The molecule has 5 nitrogen and oxygen atoms in total. The summed E-state index contributed by atoms with van der Waals surface area (Å²) < 4.78 is 5.43. The van der Waals surface area contributed by atoms with Crippen molar-refractivity contribution in [1.29, 1.82) is 0 Å². The Labute approximate surface area is 165 Å². The topological polar surface area (TPSA) is 64.1 Å². The molecule has 144 valence electrons. The Kier molecular flexibility index (Phi) is 6.04. The predicted molar refractivity (Wildman–Crippen MR) is 111 cm³/mol. The molecule has 28 heavy (non-hydrogen) atoms. The zero-order valence-corrected chi connectivity index (χ0v) is 16.7. The minimum Gasteiger partial charge on any atom is -0.494 e. The van der Waals surface area contributed by atoms with Crippen molar-refractivity contribution in [2.45, 2.75) is 33.2 Å². The lowest BCUT2D eigenvalue weighted by Gasteiger charge is -2.15. The molecule has 0 spiro atoms. The second kappa shape index (κ2) is 8.65. The summed E-state index contributed by atoms with van der Waals surface area (Å²) >= 11 is 0. The molecular formula is C23H25N3O2. The van der Waals surface area contributed by atoms with Crippen LogP contribution in [0.3, 0.4) is 0 Å². The summed E-state index contributed by atoms with van der Waals surface area (Å²) in [6, 6.07) is 17.1. The van der Waals surface area contributed by atoms with E-state index in [1.165, 1.54) is 0 Å². The number of nitrogens with zero attached hydrogens (tertiary/aromatic N) is 2. The van der Waals surface area contributed by atoms with E-state index in [9.17, 15) is 4.79 Å². The number of carbonyl (C=O) groups is 1. The smallest absolute Gasteiger partial charge is 0.251 e. The highest BCUT2D eigenvalue weighted by molar-refractivity contribution is 5.95. The van der Waals surface area contributed by atoms with Crippen molar-refractivity contribution in [2.24, 2.45) is 0 Å². The van der Waals surface area contributed by atoms with Crippen LogP contribution in [0.2, 0.25) is 0 Å². The molecule has 2 heterocycles. The molecule has 0 aliphatic carbocycles. The average Bonchev–Trinajstić information content (AvgIpc) is 2.68. The van der Waals surface area contributed by atoms with Gasteiger partial charge in [0.15, 0.2) is 0 Å². The molecule has 1 N–H and O–H groups in total. The molecular weight excluding hydrogens is 350 g/mol. The van der Waals surface area contributed by atoms with Gasteiger partial charge in [-0.15, -0.1) is 0 Å². The number of amides is 1. The van der Waals surface area contributed by atoms with Gasteiger partial charge in [0.1, 0.15) is 11.4 Å². The van der Waals surface area contributed by atoms with Crippen LogP contribution < -0.4 is 10.1 Å². The van der Waals surface area contributed by atoms with Gasteiger partial charge in [-0.05, 0) is 57.2 Å². The molecule has 1 atom stereocenters. The maximum atomic E-state index is 12.7. The minimum absolute atomic E-state index is 0.0305. The second-order valence-corrected chi connectivity index (χ2v) is 6.93. The summed E-state index contributed by atoms with van der Waals surface area (Å²) in [5, 5.41) is 3.05. The molecule has 3 rings (SSSR count). The van der Waals surface area contributed by atoms with E-state index in [2.05, 4.69) is 15.3 Å². The number of rotatable bonds is 6. The third-order valence-corrected chi connectivity index (χ3v) is 4.45. The lowest BCUT2D eigenvalue weighted by molar-refractivity contribution is 0.0940. The number of hydrogen-bond donors (Lipinski definition) is 1. The van der Waals surface area contributed by atoms with Crippen molar-refractivity contribution >= 4 is 5.91 Å². The largest absolute Gasteiger partial charge is 0.494 e. The summed E-state index contributed by atoms with van der Waals surface area (Å²) in [4.78, 5) is 21.8. The van der Waals surface area contributed by atoms with Crippen molar-refractivity contribution in [3.63, 3.8) is 0 Å². The Morgan fingerprint density at radius 3 is 2.54 bits per heavy atom. The third kappa shape index (κ3) is 4.74. The zero-order valence-electron chi connectivity index (χ0n) is 16.7. The van der Waals surface area contributed by atoms with Crippen LogP contribution in [0.4, 0.5) is 0 Å². The first kappa shape index (κ1) is 19.5. The maximum Gasteiger partial charge on any atom is 0.251 e. The van der Waals surface area contributed by atoms with Crippen molar-refractivity contribution in [3.05, 3.63) is 77.2 Å². The Bertz CT molecular complexity index is 985. The fourth-order valence-corrected chi connectivity index (χ4v) is 3.11. The number of benzene rings is 1. The summed E-state index contributed by atoms with van der Waals surface area (Å²) in [6.45, 7) is 5.88. The standard InChI is InChI=1S/C23H25N3O2/c1-15-7-5-10-20(24-15)13-17(3)26-23(27)19-9-6-8-18(14-19)22-21(28-4)12-11-16(2)25-22/h5-12,14,17H,13H2,1-4H3,(H,26,27)/t17-/m1/s1. The molecule has 1 amide bonds. The van der Waals surface area contributed by atoms with E-state index in [1.54, 1.807) is 13.2 Å². The van der Waals surface area contributed by atoms with Crippen LogP contribution in [0.15, 0.2) is 54.6 Å². The van der Waals surface area contributed by atoms with Gasteiger partial charge in [-0.1, -0.05) is 18.2 Å². The molecule has 0 fully saturated rings. The molecule has 0 aliphatic rings. The van der Waals surface area contributed by atoms with E-state index in [0.29, 0.717) is 17.7 Å². The van der Waals surface area contributed by atoms with Crippen LogP contribution in [-0.4, -0.2) is 29.0 Å². The van der Waals surface area contributed by atoms with Crippen LogP contribution in [0.1, 0.15) is 34.4 Å². The lowest BCUT2D eigenvalue weighted by Crippen LogP contribution is -2.34. The Morgan fingerprint density at radius 1 is 1.04 bits per heavy atom. The van der Waals surface area contributed by atoms with Gasteiger partial charge in [-0.2, -0.15) is 0 Å². The summed E-state index contributed by atoms with van der Waals surface area (Å²) in [7, 11) is 1.62. The van der Waals surface area contributed by atoms with Crippen molar-refractivity contribution in [3.8, 4) is 17.0 Å². The molecule has 3 aromatic rings. The maximum absolute atomic E-state index is 12.7. The van der Waals surface area contributed by atoms with Crippen LogP contribution in [0.5, 0.6) is 5.75 Å². The van der Waals surface area contributed by atoms with E-state index in [-0.39, 0.29) is 11.9 Å². The van der Waals surface area contributed by atoms with E-state index in [4.69, 9.17) is 4.74 Å². The van der Waals surface area contributed by atoms with Gasteiger partial charge in [0.2, 0.25) is 0 Å². The van der Waals surface area contributed by atoms with Gasteiger partial charge in [0.25, 0.3) is 5.91 Å². The number of aryl methyl sites for hydroxylation is 2. The van der Waals surface area contributed by atoms with Crippen LogP contribution in [0.25, 0.3) is 11.3 Å². The van der Waals surface area contributed by atoms with E-state index in [1.807, 2.05) is 69.3 Å². The minimum atomic E-state index is -0.117. The van der Waals surface area contributed by atoms with Gasteiger partial charge in [-0.3, -0.25) is 9.78 Å². The Balaban J connectivity index is 1.76. The van der Waals surface area contributed by atoms with Crippen molar-refractivity contribution in [1.82, 2.24) is 15.3 Å². The third-order valence-electron chi connectivity index (χ3n) is 4.45. The monoisotopic (exact) mass is 375 g/mol. The Hall–Kier alpha value is -3.21. The first-order chi connectivity index (χ1) is 13.5. The summed E-state index contributed by atoms with van der Waals surface area (Å²) in [5.74, 6) is 0.565. The molecule has 0 unspecified atom stereocenters. The average molecular weight is 375 g/mol. The number of hydrogen-bond acceptors (Lipinski definition) is 4. The van der Waals surface area contributed by atoms with Gasteiger partial charge in [-0.25, -0.2) is 4.98 Å². The number of methoxy groups -OCH3 is 1. The van der Waals surface area contributed by atoms with Crippen LogP contribution in [-0.2, 0) is 6.42 Å². The molecule has 0 bridgehead atoms. The predicted octanol–water partition coefficient (Wildman–Crippen LogP) is 4.13. The summed E-state index contributed by atoms with van der Waals surface area (Å²) in [6.07, 6.45) is 0.681.